The minimum Gasteiger partial charge on any atom is -0.495 e. The van der Waals surface area contributed by atoms with Crippen molar-refractivity contribution in [3.8, 4) is 5.75 Å². The molecule has 3 rings (SSSR count). The van der Waals surface area contributed by atoms with Crippen LogP contribution >= 0.6 is 15.9 Å². The highest BCUT2D eigenvalue weighted by Gasteiger charge is 2.24. The van der Waals surface area contributed by atoms with E-state index < -0.39 is 0 Å². The van der Waals surface area contributed by atoms with Crippen LogP contribution in [0.15, 0.2) is 34.8 Å². The number of benzene rings is 2. The van der Waals surface area contributed by atoms with E-state index in [1.807, 2.05) is 37.3 Å². The first kappa shape index (κ1) is 16.3. The van der Waals surface area contributed by atoms with Gasteiger partial charge in [0.15, 0.2) is 0 Å². The predicted molar refractivity (Wildman–Crippen MR) is 96.2 cm³/mol. The number of hydrogen-bond acceptors (Lipinski definition) is 3. The molecule has 23 heavy (non-hydrogen) atoms. The number of fused-ring (bicyclic) bond motifs is 1. The lowest BCUT2D eigenvalue weighted by molar-refractivity contribution is 0.0930. The monoisotopic (exact) mass is 376 g/mol. The average molecular weight is 377 g/mol. The summed E-state index contributed by atoms with van der Waals surface area (Å²) in [6, 6.07) is 10.2. The fourth-order valence-electron chi connectivity index (χ4n) is 3.22. The first-order chi connectivity index (χ1) is 11.1. The van der Waals surface area contributed by atoms with E-state index in [1.54, 1.807) is 7.11 Å². The van der Waals surface area contributed by atoms with Gasteiger partial charge in [-0.15, -0.1) is 0 Å². The molecule has 1 saturated heterocycles. The number of ether oxygens (including phenoxy) is 1. The number of nitrogens with one attached hydrogen (secondary N) is 2. The third kappa shape index (κ3) is 3.21. The molecular weight excluding hydrogens is 356 g/mol. The normalized spacial score (nSPS) is 18.8. The van der Waals surface area contributed by atoms with Crippen LogP contribution in [-0.4, -0.2) is 31.6 Å². The highest BCUT2D eigenvalue weighted by molar-refractivity contribution is 9.10. The molecule has 0 saturated carbocycles. The Labute approximate surface area is 144 Å². The van der Waals surface area contributed by atoms with Gasteiger partial charge >= 0.3 is 0 Å². The zero-order valence-electron chi connectivity index (χ0n) is 13.4. The predicted octanol–water partition coefficient (Wildman–Crippen LogP) is 3.48. The second-order valence-corrected chi connectivity index (χ2v) is 6.80. The highest BCUT2D eigenvalue weighted by atomic mass is 79.9. The van der Waals surface area contributed by atoms with Gasteiger partial charge in [-0.25, -0.2) is 0 Å². The second kappa shape index (κ2) is 6.89. The maximum absolute atomic E-state index is 12.7. The first-order valence-corrected chi connectivity index (χ1v) is 8.70. The Morgan fingerprint density at radius 1 is 1.39 bits per heavy atom. The molecule has 1 fully saturated rings. The van der Waals surface area contributed by atoms with Crippen LogP contribution < -0.4 is 15.4 Å². The van der Waals surface area contributed by atoms with Crippen molar-refractivity contribution in [2.45, 2.75) is 31.8 Å². The van der Waals surface area contributed by atoms with Gasteiger partial charge in [0, 0.05) is 21.9 Å². The Balaban J connectivity index is 1.93. The summed E-state index contributed by atoms with van der Waals surface area (Å²) < 4.78 is 6.44. The summed E-state index contributed by atoms with van der Waals surface area (Å²) in [5.41, 5.74) is 0.558. The van der Waals surface area contributed by atoms with Crippen LogP contribution in [0.1, 0.15) is 30.1 Å². The van der Waals surface area contributed by atoms with Crippen molar-refractivity contribution in [2.75, 3.05) is 13.7 Å². The number of carbonyl (C=O) groups excluding carboxylic acids is 1. The number of rotatable bonds is 4. The lowest BCUT2D eigenvalue weighted by Gasteiger charge is -2.22. The largest absolute Gasteiger partial charge is 0.495 e. The fourth-order valence-corrected chi connectivity index (χ4v) is 3.79. The zero-order chi connectivity index (χ0) is 16.4. The third-order valence-electron chi connectivity index (χ3n) is 4.45. The van der Waals surface area contributed by atoms with Crippen molar-refractivity contribution < 1.29 is 9.53 Å². The maximum Gasteiger partial charge on any atom is 0.255 e. The molecule has 1 amide bonds. The minimum atomic E-state index is -0.102. The van der Waals surface area contributed by atoms with Gasteiger partial charge in [0.25, 0.3) is 5.91 Å². The van der Waals surface area contributed by atoms with Gasteiger partial charge in [0.05, 0.1) is 12.7 Å². The molecule has 0 bridgehead atoms. The van der Waals surface area contributed by atoms with Gasteiger partial charge in [-0.2, -0.15) is 0 Å². The molecule has 0 spiro atoms. The van der Waals surface area contributed by atoms with E-state index in [0.29, 0.717) is 17.4 Å². The van der Waals surface area contributed by atoms with Crippen LogP contribution in [-0.2, 0) is 0 Å². The summed E-state index contributed by atoms with van der Waals surface area (Å²) >= 11 is 3.56. The summed E-state index contributed by atoms with van der Waals surface area (Å²) in [6.07, 6.45) is 2.26. The first-order valence-electron chi connectivity index (χ1n) is 7.91. The van der Waals surface area contributed by atoms with Gasteiger partial charge in [0.2, 0.25) is 0 Å². The van der Waals surface area contributed by atoms with E-state index >= 15 is 0 Å². The van der Waals surface area contributed by atoms with Crippen LogP contribution in [0.25, 0.3) is 10.8 Å². The summed E-state index contributed by atoms with van der Waals surface area (Å²) in [5.74, 6) is 0.516. The second-order valence-electron chi connectivity index (χ2n) is 5.95. The number of amides is 1. The zero-order valence-corrected chi connectivity index (χ0v) is 14.9. The number of halogens is 1. The Morgan fingerprint density at radius 3 is 2.78 bits per heavy atom. The van der Waals surface area contributed by atoms with E-state index in [0.717, 1.165) is 34.6 Å². The van der Waals surface area contributed by atoms with Crippen LogP contribution in [0.3, 0.4) is 0 Å². The van der Waals surface area contributed by atoms with Gasteiger partial charge < -0.3 is 15.4 Å². The van der Waals surface area contributed by atoms with E-state index in [1.165, 1.54) is 0 Å². The molecule has 2 atom stereocenters. The van der Waals surface area contributed by atoms with E-state index in [-0.39, 0.29) is 11.9 Å². The molecule has 4 nitrogen and oxygen atoms in total. The summed E-state index contributed by atoms with van der Waals surface area (Å²) in [7, 11) is 1.61. The molecule has 0 aromatic heterocycles. The van der Waals surface area contributed by atoms with Crippen molar-refractivity contribution in [1.82, 2.24) is 10.6 Å². The van der Waals surface area contributed by atoms with E-state index in [2.05, 4.69) is 26.6 Å². The number of carbonyl (C=O) groups is 1. The average Bonchev–Trinajstić information content (AvgIpc) is 3.09. The Hall–Kier alpha value is -1.59. The molecule has 2 aromatic carbocycles. The molecule has 2 unspecified atom stereocenters. The van der Waals surface area contributed by atoms with Crippen molar-refractivity contribution in [2.24, 2.45) is 0 Å². The minimum absolute atomic E-state index is 0.0833. The van der Waals surface area contributed by atoms with Crippen molar-refractivity contribution in [3.05, 3.63) is 40.4 Å². The molecule has 1 aliphatic heterocycles. The molecule has 0 aliphatic carbocycles. The Morgan fingerprint density at radius 2 is 2.13 bits per heavy atom. The molecule has 122 valence electrons. The maximum atomic E-state index is 12.7. The lowest BCUT2D eigenvalue weighted by atomic mass is 10.0. The molecule has 2 aromatic rings. The molecule has 2 N–H and O–H groups in total. The third-order valence-corrected chi connectivity index (χ3v) is 5.11. The molecule has 1 aliphatic rings. The van der Waals surface area contributed by atoms with Crippen LogP contribution in [0.5, 0.6) is 5.75 Å². The van der Waals surface area contributed by atoms with Gasteiger partial charge in [-0.1, -0.05) is 40.2 Å². The standard InChI is InChI=1S/C18H21BrN2O2/c1-11(16-8-5-9-20-16)21-18(22)14-10-15(19)12-6-3-4-7-13(12)17(14)23-2/h3-4,6-7,10-11,16,20H,5,8-9H2,1-2H3,(H,21,22). The topological polar surface area (TPSA) is 50.4 Å². The van der Waals surface area contributed by atoms with Crippen LogP contribution in [0, 0.1) is 0 Å². The quantitative estimate of drug-likeness (QED) is 0.858. The van der Waals surface area contributed by atoms with Crippen molar-refractivity contribution in [1.29, 1.82) is 0 Å². The molecule has 0 radical (unpaired) electrons. The number of hydrogen-bond donors (Lipinski definition) is 2. The summed E-state index contributed by atoms with van der Waals surface area (Å²) in [6.45, 7) is 3.07. The van der Waals surface area contributed by atoms with Crippen LogP contribution in [0.2, 0.25) is 0 Å². The Kier molecular flexibility index (Phi) is 4.87. The van der Waals surface area contributed by atoms with Crippen molar-refractivity contribution in [3.63, 3.8) is 0 Å². The van der Waals surface area contributed by atoms with Gasteiger partial charge in [-0.05, 0) is 37.8 Å². The lowest BCUT2D eigenvalue weighted by Crippen LogP contribution is -2.45. The van der Waals surface area contributed by atoms with E-state index in [4.69, 9.17) is 4.74 Å². The van der Waals surface area contributed by atoms with E-state index in [9.17, 15) is 4.79 Å². The summed E-state index contributed by atoms with van der Waals surface area (Å²) in [4.78, 5) is 12.7. The highest BCUT2D eigenvalue weighted by Crippen LogP contribution is 2.35. The molecule has 5 heteroatoms. The molecule has 1 heterocycles. The summed E-state index contributed by atoms with van der Waals surface area (Å²) in [5, 5.41) is 8.50. The SMILES string of the molecule is COc1c(C(=O)NC(C)C2CCCN2)cc(Br)c2ccccc12. The van der Waals surface area contributed by atoms with Crippen LogP contribution in [0.4, 0.5) is 0 Å². The Bertz CT molecular complexity index is 726. The van der Waals surface area contributed by atoms with Crippen molar-refractivity contribution >= 4 is 32.6 Å². The smallest absolute Gasteiger partial charge is 0.255 e. The fraction of sp³-hybridized carbons (Fsp3) is 0.389. The molecular formula is C18H21BrN2O2. The van der Waals surface area contributed by atoms with Gasteiger partial charge in [0.1, 0.15) is 5.75 Å². The van der Waals surface area contributed by atoms with Gasteiger partial charge in [-0.3, -0.25) is 4.79 Å². The number of methoxy groups -OCH3 is 1.